The van der Waals surface area contributed by atoms with Gasteiger partial charge in [-0.2, -0.15) is 0 Å². The largest absolute Gasteiger partial charge is 0.396 e. The second-order valence-electron chi connectivity index (χ2n) is 4.60. The zero-order valence-corrected chi connectivity index (χ0v) is 10.2. The summed E-state index contributed by atoms with van der Waals surface area (Å²) in [4.78, 5) is 2.51. The van der Waals surface area contributed by atoms with Crippen LogP contribution in [0.25, 0.3) is 0 Å². The lowest BCUT2D eigenvalue weighted by Gasteiger charge is -2.45. The summed E-state index contributed by atoms with van der Waals surface area (Å²) in [7, 11) is 0. The number of hydrogen-bond acceptors (Lipinski definition) is 3. The summed E-state index contributed by atoms with van der Waals surface area (Å²) in [5, 5.41) is 9.48. The van der Waals surface area contributed by atoms with E-state index in [1.807, 2.05) is 0 Å². The molecule has 15 heavy (non-hydrogen) atoms. The van der Waals surface area contributed by atoms with Gasteiger partial charge in [0.2, 0.25) is 0 Å². The van der Waals surface area contributed by atoms with Crippen LogP contribution in [0.5, 0.6) is 0 Å². The molecule has 3 heteroatoms. The summed E-state index contributed by atoms with van der Waals surface area (Å²) in [5.74, 6) is 0.250. The van der Waals surface area contributed by atoms with Crippen molar-refractivity contribution in [2.24, 2.45) is 11.7 Å². The fourth-order valence-corrected chi connectivity index (χ4v) is 3.29. The van der Waals surface area contributed by atoms with E-state index in [0.29, 0.717) is 6.54 Å². The van der Waals surface area contributed by atoms with Crippen LogP contribution in [0.15, 0.2) is 0 Å². The van der Waals surface area contributed by atoms with E-state index in [2.05, 4.69) is 18.7 Å². The molecule has 0 unspecified atom stereocenters. The fourth-order valence-electron chi connectivity index (χ4n) is 3.29. The Morgan fingerprint density at radius 2 is 1.80 bits per heavy atom. The van der Waals surface area contributed by atoms with Gasteiger partial charge in [-0.25, -0.2) is 0 Å². The molecule has 0 aromatic rings. The van der Waals surface area contributed by atoms with Gasteiger partial charge in [0.1, 0.15) is 0 Å². The molecule has 1 saturated carbocycles. The van der Waals surface area contributed by atoms with Crippen LogP contribution in [-0.2, 0) is 0 Å². The van der Waals surface area contributed by atoms with Gasteiger partial charge in [-0.15, -0.1) is 0 Å². The minimum atomic E-state index is 0.188. The molecule has 0 heterocycles. The van der Waals surface area contributed by atoms with Gasteiger partial charge in [-0.1, -0.05) is 26.7 Å². The Morgan fingerprint density at radius 1 is 1.27 bits per heavy atom. The third-order valence-electron chi connectivity index (χ3n) is 4.13. The van der Waals surface area contributed by atoms with E-state index < -0.39 is 0 Å². The molecule has 3 nitrogen and oxygen atoms in total. The minimum absolute atomic E-state index is 0.188. The molecule has 0 spiro atoms. The summed E-state index contributed by atoms with van der Waals surface area (Å²) >= 11 is 0. The highest BCUT2D eigenvalue weighted by atomic mass is 16.3. The molecule has 0 aromatic heterocycles. The molecule has 0 amide bonds. The molecular formula is C12H26N2O. The fraction of sp³-hybridized carbons (Fsp3) is 1.00. The Kier molecular flexibility index (Phi) is 5.03. The van der Waals surface area contributed by atoms with Gasteiger partial charge in [-0.05, 0) is 32.5 Å². The Morgan fingerprint density at radius 3 is 2.13 bits per heavy atom. The van der Waals surface area contributed by atoms with Crippen molar-refractivity contribution in [2.75, 3.05) is 26.2 Å². The number of rotatable bonds is 6. The molecule has 0 aliphatic heterocycles. The smallest absolute Gasteiger partial charge is 0.0489 e. The predicted octanol–water partition coefficient (Wildman–Crippen LogP) is 1.21. The Balaban J connectivity index is 2.85. The second kappa shape index (κ2) is 5.83. The maximum absolute atomic E-state index is 9.48. The van der Waals surface area contributed by atoms with Crippen LogP contribution in [-0.4, -0.2) is 41.8 Å². The number of aliphatic hydroxyl groups excluding tert-OH is 1. The predicted molar refractivity (Wildman–Crippen MR) is 63.8 cm³/mol. The van der Waals surface area contributed by atoms with Crippen LogP contribution in [0, 0.1) is 5.92 Å². The molecule has 1 fully saturated rings. The quantitative estimate of drug-likeness (QED) is 0.698. The number of hydrogen-bond donors (Lipinski definition) is 2. The maximum atomic E-state index is 9.48. The van der Waals surface area contributed by atoms with E-state index in [-0.39, 0.29) is 18.1 Å². The van der Waals surface area contributed by atoms with E-state index in [9.17, 15) is 5.11 Å². The van der Waals surface area contributed by atoms with Crippen molar-refractivity contribution in [3.05, 3.63) is 0 Å². The topological polar surface area (TPSA) is 49.5 Å². The molecule has 90 valence electrons. The first-order valence-electron chi connectivity index (χ1n) is 6.31. The lowest BCUT2D eigenvalue weighted by Crippen LogP contribution is -2.55. The van der Waals surface area contributed by atoms with Crippen LogP contribution in [0.3, 0.4) is 0 Å². The van der Waals surface area contributed by atoms with E-state index in [0.717, 1.165) is 13.1 Å². The summed E-state index contributed by atoms with van der Waals surface area (Å²) in [6.07, 6.45) is 4.98. The van der Waals surface area contributed by atoms with Gasteiger partial charge in [0, 0.05) is 18.1 Å². The highest BCUT2D eigenvalue weighted by molar-refractivity contribution is 4.99. The summed E-state index contributed by atoms with van der Waals surface area (Å²) in [6.45, 7) is 7.36. The van der Waals surface area contributed by atoms with Crippen LogP contribution >= 0.6 is 0 Å². The first kappa shape index (κ1) is 12.9. The molecule has 1 atom stereocenters. The highest BCUT2D eigenvalue weighted by Crippen LogP contribution is 2.40. The van der Waals surface area contributed by atoms with Gasteiger partial charge in [-0.3, -0.25) is 4.90 Å². The zero-order valence-electron chi connectivity index (χ0n) is 10.2. The highest BCUT2D eigenvalue weighted by Gasteiger charge is 2.43. The third kappa shape index (κ3) is 2.35. The molecule has 0 bridgehead atoms. The molecule has 0 saturated heterocycles. The first-order chi connectivity index (χ1) is 7.25. The van der Waals surface area contributed by atoms with E-state index in [4.69, 9.17) is 5.73 Å². The standard InChI is InChI=1S/C12H26N2O/c1-3-14(4-2)12(7-5-6-8-12)11(9-13)10-15/h11,15H,3-10,13H2,1-2H3/t11-/m1/s1. The summed E-state index contributed by atoms with van der Waals surface area (Å²) in [5.41, 5.74) is 6.00. The van der Waals surface area contributed by atoms with E-state index in [1.165, 1.54) is 25.7 Å². The Labute approximate surface area is 93.6 Å². The first-order valence-corrected chi connectivity index (χ1v) is 6.31. The van der Waals surface area contributed by atoms with Crippen LogP contribution in [0.1, 0.15) is 39.5 Å². The van der Waals surface area contributed by atoms with Gasteiger partial charge in [0.15, 0.2) is 0 Å². The number of nitrogens with zero attached hydrogens (tertiary/aromatic N) is 1. The average Bonchev–Trinajstić information content (AvgIpc) is 2.72. The van der Waals surface area contributed by atoms with Crippen molar-refractivity contribution in [3.8, 4) is 0 Å². The average molecular weight is 214 g/mol. The molecule has 1 aliphatic carbocycles. The van der Waals surface area contributed by atoms with E-state index >= 15 is 0 Å². The summed E-state index contributed by atoms with van der Waals surface area (Å²) in [6, 6.07) is 0. The molecule has 0 radical (unpaired) electrons. The molecule has 0 aromatic carbocycles. The normalized spacial score (nSPS) is 22.2. The molecular weight excluding hydrogens is 188 g/mol. The zero-order chi connectivity index (χ0) is 11.3. The maximum Gasteiger partial charge on any atom is 0.0489 e. The minimum Gasteiger partial charge on any atom is -0.396 e. The van der Waals surface area contributed by atoms with Crippen molar-refractivity contribution < 1.29 is 5.11 Å². The lowest BCUT2D eigenvalue weighted by atomic mass is 9.80. The van der Waals surface area contributed by atoms with E-state index in [1.54, 1.807) is 0 Å². The number of nitrogens with two attached hydrogens (primary N) is 1. The van der Waals surface area contributed by atoms with Crippen molar-refractivity contribution in [1.82, 2.24) is 4.90 Å². The molecule has 1 rings (SSSR count). The van der Waals surface area contributed by atoms with Crippen molar-refractivity contribution in [1.29, 1.82) is 0 Å². The van der Waals surface area contributed by atoms with Crippen molar-refractivity contribution >= 4 is 0 Å². The van der Waals surface area contributed by atoms with Crippen molar-refractivity contribution in [3.63, 3.8) is 0 Å². The number of aliphatic hydroxyl groups is 1. The van der Waals surface area contributed by atoms with Gasteiger partial charge in [0.05, 0.1) is 0 Å². The Bertz CT molecular complexity index is 156. The van der Waals surface area contributed by atoms with Crippen molar-refractivity contribution in [2.45, 2.75) is 45.1 Å². The van der Waals surface area contributed by atoms with Crippen LogP contribution in [0.2, 0.25) is 0 Å². The van der Waals surface area contributed by atoms with Crippen LogP contribution < -0.4 is 5.73 Å². The third-order valence-corrected chi connectivity index (χ3v) is 4.13. The lowest BCUT2D eigenvalue weighted by molar-refractivity contribution is 0.0197. The summed E-state index contributed by atoms with van der Waals surface area (Å²) < 4.78 is 0. The van der Waals surface area contributed by atoms with Crippen LogP contribution in [0.4, 0.5) is 0 Å². The molecule has 1 aliphatic rings. The second-order valence-corrected chi connectivity index (χ2v) is 4.60. The molecule has 3 N–H and O–H groups in total. The SMILES string of the molecule is CCN(CC)C1([C@H](CN)CO)CCCC1. The Hall–Kier alpha value is -0.120. The monoisotopic (exact) mass is 214 g/mol. The van der Waals surface area contributed by atoms with Gasteiger partial charge in [0.25, 0.3) is 0 Å². The van der Waals surface area contributed by atoms with Gasteiger partial charge >= 0.3 is 0 Å². The van der Waals surface area contributed by atoms with Gasteiger partial charge < -0.3 is 10.8 Å².